The normalized spacial score (nSPS) is 14.9. The molecule has 0 saturated carbocycles. The minimum absolute atomic E-state index is 0.254. The van der Waals surface area contributed by atoms with Gasteiger partial charge in [0.1, 0.15) is 17.3 Å². The molecular formula is C25H29FN4O5S2. The van der Waals surface area contributed by atoms with E-state index in [1.807, 2.05) is 37.3 Å². The zero-order valence-corrected chi connectivity index (χ0v) is 22.1. The van der Waals surface area contributed by atoms with Gasteiger partial charge in [-0.05, 0) is 37.3 Å². The van der Waals surface area contributed by atoms with Crippen LogP contribution in [-0.2, 0) is 30.7 Å². The topological polar surface area (TPSA) is 101 Å². The van der Waals surface area contributed by atoms with E-state index in [0.717, 1.165) is 17.0 Å². The van der Waals surface area contributed by atoms with Crippen LogP contribution < -0.4 is 9.70 Å². The van der Waals surface area contributed by atoms with Gasteiger partial charge in [-0.1, -0.05) is 29.5 Å². The molecule has 0 bridgehead atoms. The van der Waals surface area contributed by atoms with E-state index >= 15 is 0 Å². The first-order chi connectivity index (χ1) is 17.8. The highest BCUT2D eigenvalue weighted by Gasteiger charge is 2.27. The number of anilines is 1. The molecule has 4 rings (SSSR count). The Morgan fingerprint density at radius 3 is 2.49 bits per heavy atom. The molecule has 1 saturated heterocycles. The molecule has 2 aromatic carbocycles. The van der Waals surface area contributed by atoms with Crippen molar-refractivity contribution in [3.8, 4) is 0 Å². The number of sulfone groups is 1. The molecule has 0 unspecified atom stereocenters. The Balaban J connectivity index is 1.41. The van der Waals surface area contributed by atoms with Crippen molar-refractivity contribution in [3.63, 3.8) is 0 Å². The molecule has 198 valence electrons. The van der Waals surface area contributed by atoms with E-state index in [4.69, 9.17) is 4.74 Å². The van der Waals surface area contributed by atoms with Gasteiger partial charge >= 0.3 is 0 Å². The quantitative estimate of drug-likeness (QED) is 0.380. The molecular weight excluding hydrogens is 519 g/mol. The van der Waals surface area contributed by atoms with Crippen molar-refractivity contribution < 1.29 is 27.1 Å². The number of nitrogens with zero attached hydrogens (tertiary/aromatic N) is 4. The summed E-state index contributed by atoms with van der Waals surface area (Å²) in [5, 5.41) is 0. The Kier molecular flexibility index (Phi) is 8.72. The highest BCUT2D eigenvalue weighted by Crippen LogP contribution is 2.19. The van der Waals surface area contributed by atoms with Crippen molar-refractivity contribution in [1.29, 1.82) is 0 Å². The SMILES string of the molecule is CCOCCn1c(=NC(=O)CS(=O)(=O)CC(=O)N2CCN(c3ccccc3)CC2)sc2cc(F)ccc21. The van der Waals surface area contributed by atoms with Crippen molar-refractivity contribution >= 4 is 48.9 Å². The number of rotatable bonds is 9. The lowest BCUT2D eigenvalue weighted by Gasteiger charge is -2.36. The molecule has 0 aliphatic carbocycles. The Morgan fingerprint density at radius 2 is 1.78 bits per heavy atom. The molecule has 2 amide bonds. The van der Waals surface area contributed by atoms with Crippen molar-refractivity contribution in [2.24, 2.45) is 4.99 Å². The fraction of sp³-hybridized carbons (Fsp3) is 0.400. The molecule has 3 aromatic rings. The van der Waals surface area contributed by atoms with Gasteiger partial charge in [0, 0.05) is 45.0 Å². The summed E-state index contributed by atoms with van der Waals surface area (Å²) in [6.45, 7) is 5.08. The third-order valence-electron chi connectivity index (χ3n) is 5.97. The number of halogens is 1. The summed E-state index contributed by atoms with van der Waals surface area (Å²) in [5.74, 6) is -3.45. The van der Waals surface area contributed by atoms with Gasteiger partial charge in [0.05, 0.1) is 16.8 Å². The van der Waals surface area contributed by atoms with Gasteiger partial charge in [-0.25, -0.2) is 12.8 Å². The molecule has 0 atom stereocenters. The highest BCUT2D eigenvalue weighted by atomic mass is 32.2. The van der Waals surface area contributed by atoms with Crippen LogP contribution in [0.2, 0.25) is 0 Å². The van der Waals surface area contributed by atoms with Crippen LogP contribution in [0.15, 0.2) is 53.5 Å². The number of benzene rings is 2. The van der Waals surface area contributed by atoms with Crippen LogP contribution in [0.5, 0.6) is 0 Å². The number of hydrogen-bond acceptors (Lipinski definition) is 7. The van der Waals surface area contributed by atoms with Crippen molar-refractivity contribution in [2.75, 3.05) is 55.8 Å². The molecule has 1 aromatic heterocycles. The Hall–Kier alpha value is -3.09. The number of amides is 2. The number of para-hydroxylation sites is 1. The molecule has 12 heteroatoms. The van der Waals surface area contributed by atoms with Gasteiger partial charge in [0.15, 0.2) is 14.6 Å². The summed E-state index contributed by atoms with van der Waals surface area (Å²) in [4.78, 5) is 33.2. The van der Waals surface area contributed by atoms with Crippen LogP contribution in [0.3, 0.4) is 0 Å². The maximum absolute atomic E-state index is 13.7. The van der Waals surface area contributed by atoms with Crippen LogP contribution >= 0.6 is 11.3 Å². The van der Waals surface area contributed by atoms with E-state index in [-0.39, 0.29) is 4.80 Å². The minimum Gasteiger partial charge on any atom is -0.380 e. The lowest BCUT2D eigenvalue weighted by atomic mass is 10.2. The number of thiazole rings is 1. The van der Waals surface area contributed by atoms with Gasteiger partial charge < -0.3 is 19.1 Å². The molecule has 1 aliphatic rings. The standard InChI is InChI=1S/C25H29FN4O5S2/c1-2-35-15-14-30-21-9-8-19(26)16-22(21)36-25(30)27-23(31)17-37(33,34)18-24(32)29-12-10-28(11-13-29)20-6-4-3-5-7-20/h3-9,16H,2,10-15,17-18H2,1H3. The summed E-state index contributed by atoms with van der Waals surface area (Å²) in [7, 11) is -4.02. The van der Waals surface area contributed by atoms with Crippen molar-refractivity contribution in [3.05, 3.63) is 59.1 Å². The van der Waals surface area contributed by atoms with Gasteiger partial charge in [-0.3, -0.25) is 9.59 Å². The summed E-state index contributed by atoms with van der Waals surface area (Å²) in [6, 6.07) is 14.0. The molecule has 9 nitrogen and oxygen atoms in total. The predicted octanol–water partition coefficient (Wildman–Crippen LogP) is 2.07. The zero-order valence-electron chi connectivity index (χ0n) is 20.5. The van der Waals surface area contributed by atoms with E-state index in [1.165, 1.54) is 17.0 Å². The van der Waals surface area contributed by atoms with E-state index < -0.39 is 39.0 Å². The maximum Gasteiger partial charge on any atom is 0.263 e. The Morgan fingerprint density at radius 1 is 1.05 bits per heavy atom. The Labute approximate surface area is 218 Å². The van der Waals surface area contributed by atoms with Crippen LogP contribution in [0.25, 0.3) is 10.2 Å². The first-order valence-corrected chi connectivity index (χ1v) is 14.6. The van der Waals surface area contributed by atoms with E-state index in [2.05, 4.69) is 9.89 Å². The van der Waals surface area contributed by atoms with Crippen LogP contribution in [0.1, 0.15) is 6.92 Å². The maximum atomic E-state index is 13.7. The third kappa shape index (κ3) is 7.02. The first-order valence-electron chi connectivity index (χ1n) is 12.0. The number of carbonyl (C=O) groups excluding carboxylic acids is 2. The number of aromatic nitrogens is 1. The number of carbonyl (C=O) groups is 2. The molecule has 0 spiro atoms. The molecule has 0 N–H and O–H groups in total. The van der Waals surface area contributed by atoms with E-state index in [9.17, 15) is 22.4 Å². The van der Waals surface area contributed by atoms with Crippen LogP contribution in [0.4, 0.5) is 10.1 Å². The van der Waals surface area contributed by atoms with Crippen molar-refractivity contribution in [2.45, 2.75) is 13.5 Å². The average Bonchev–Trinajstić information content (AvgIpc) is 3.19. The lowest BCUT2D eigenvalue weighted by Crippen LogP contribution is -2.50. The fourth-order valence-corrected chi connectivity index (χ4v) is 6.36. The number of ether oxygens (including phenoxy) is 1. The van der Waals surface area contributed by atoms with Gasteiger partial charge in [0.2, 0.25) is 5.91 Å². The monoisotopic (exact) mass is 548 g/mol. The molecule has 0 radical (unpaired) electrons. The Bertz CT molecular complexity index is 1430. The average molecular weight is 549 g/mol. The fourth-order valence-electron chi connectivity index (χ4n) is 4.16. The van der Waals surface area contributed by atoms with E-state index in [0.29, 0.717) is 56.2 Å². The van der Waals surface area contributed by atoms with Gasteiger partial charge in [-0.15, -0.1) is 0 Å². The molecule has 37 heavy (non-hydrogen) atoms. The van der Waals surface area contributed by atoms with Crippen molar-refractivity contribution in [1.82, 2.24) is 9.47 Å². The molecule has 2 heterocycles. The number of piperazine rings is 1. The zero-order chi connectivity index (χ0) is 26.4. The van der Waals surface area contributed by atoms with Crippen LogP contribution in [0, 0.1) is 5.82 Å². The summed E-state index contributed by atoms with van der Waals surface area (Å²) in [6.07, 6.45) is 0. The van der Waals surface area contributed by atoms with Gasteiger partial charge in [-0.2, -0.15) is 4.99 Å². The highest BCUT2D eigenvalue weighted by molar-refractivity contribution is 7.92. The smallest absolute Gasteiger partial charge is 0.263 e. The second-order valence-corrected chi connectivity index (χ2v) is 11.7. The van der Waals surface area contributed by atoms with Gasteiger partial charge in [0.25, 0.3) is 5.91 Å². The largest absolute Gasteiger partial charge is 0.380 e. The van der Waals surface area contributed by atoms with Crippen LogP contribution in [-0.4, -0.2) is 80.6 Å². The molecule has 1 aliphatic heterocycles. The summed E-state index contributed by atoms with van der Waals surface area (Å²) < 4.78 is 46.7. The number of hydrogen-bond donors (Lipinski definition) is 0. The summed E-state index contributed by atoms with van der Waals surface area (Å²) in [5.41, 5.74) is 1.72. The molecule has 1 fully saturated rings. The predicted molar refractivity (Wildman–Crippen MR) is 141 cm³/mol. The second-order valence-electron chi connectivity index (χ2n) is 8.59. The third-order valence-corrected chi connectivity index (χ3v) is 8.38. The summed E-state index contributed by atoms with van der Waals surface area (Å²) >= 11 is 1.09. The minimum atomic E-state index is -4.02. The first kappa shape index (κ1) is 27.0. The number of fused-ring (bicyclic) bond motifs is 1. The second kappa shape index (κ2) is 12.0. The van der Waals surface area contributed by atoms with E-state index in [1.54, 1.807) is 10.6 Å². The lowest BCUT2D eigenvalue weighted by molar-refractivity contribution is -0.128.